The Morgan fingerprint density at radius 1 is 1.57 bits per heavy atom. The van der Waals surface area contributed by atoms with Crippen LogP contribution in [0.4, 0.5) is 0 Å². The van der Waals surface area contributed by atoms with E-state index in [0.717, 1.165) is 12.5 Å². The minimum atomic E-state index is 0.692. The fourth-order valence-corrected chi connectivity index (χ4v) is 2.96. The van der Waals surface area contributed by atoms with Crippen molar-refractivity contribution in [1.82, 2.24) is 9.78 Å². The lowest BCUT2D eigenvalue weighted by molar-refractivity contribution is 0.543. The predicted molar refractivity (Wildman–Crippen MR) is 61.8 cm³/mol. The second kappa shape index (κ2) is 4.05. The molecule has 3 heteroatoms. The van der Waals surface area contributed by atoms with Crippen molar-refractivity contribution in [3.8, 4) is 0 Å². The lowest BCUT2D eigenvalue weighted by Gasteiger charge is -2.15. The van der Waals surface area contributed by atoms with Gasteiger partial charge in [0.1, 0.15) is 0 Å². The molecule has 1 saturated carbocycles. The fourth-order valence-electron chi connectivity index (χ4n) is 2.33. The summed E-state index contributed by atoms with van der Waals surface area (Å²) in [6.45, 7) is 5.43. The van der Waals surface area contributed by atoms with E-state index in [1.807, 2.05) is 10.9 Å². The van der Waals surface area contributed by atoms with Crippen molar-refractivity contribution in [2.45, 2.75) is 44.0 Å². The van der Waals surface area contributed by atoms with E-state index in [1.54, 1.807) is 0 Å². The lowest BCUT2D eigenvalue weighted by Crippen LogP contribution is -2.08. The van der Waals surface area contributed by atoms with Crippen molar-refractivity contribution in [2.75, 3.05) is 0 Å². The molecular formula is C11H17BrN2. The maximum absolute atomic E-state index is 4.34. The Morgan fingerprint density at radius 3 is 2.86 bits per heavy atom. The van der Waals surface area contributed by atoms with Crippen LogP contribution < -0.4 is 0 Å². The van der Waals surface area contributed by atoms with E-state index in [1.165, 1.54) is 18.4 Å². The minimum absolute atomic E-state index is 0.692. The van der Waals surface area contributed by atoms with E-state index in [4.69, 9.17) is 0 Å². The van der Waals surface area contributed by atoms with Gasteiger partial charge in [-0.1, -0.05) is 22.9 Å². The lowest BCUT2D eigenvalue weighted by atomic mass is 9.93. The molecule has 1 aliphatic carbocycles. The van der Waals surface area contributed by atoms with Crippen molar-refractivity contribution in [3.63, 3.8) is 0 Å². The monoisotopic (exact) mass is 256 g/mol. The number of hydrogen-bond donors (Lipinski definition) is 0. The molecule has 0 aromatic carbocycles. The van der Waals surface area contributed by atoms with Crippen molar-refractivity contribution in [2.24, 2.45) is 5.92 Å². The summed E-state index contributed by atoms with van der Waals surface area (Å²) in [5.41, 5.74) is 1.42. The quantitative estimate of drug-likeness (QED) is 0.744. The average molecular weight is 257 g/mol. The summed E-state index contributed by atoms with van der Waals surface area (Å²) in [5, 5.41) is 4.34. The SMILES string of the molecule is CCn1cc(C2CCC(Br)C2C)cn1. The Kier molecular flexibility index (Phi) is 2.96. The number of nitrogens with zero attached hydrogens (tertiary/aromatic N) is 2. The van der Waals surface area contributed by atoms with E-state index in [-0.39, 0.29) is 0 Å². The molecule has 0 amide bonds. The summed E-state index contributed by atoms with van der Waals surface area (Å²) >= 11 is 3.74. The van der Waals surface area contributed by atoms with Gasteiger partial charge >= 0.3 is 0 Å². The van der Waals surface area contributed by atoms with Crippen LogP contribution in [-0.2, 0) is 6.54 Å². The topological polar surface area (TPSA) is 17.8 Å². The van der Waals surface area contributed by atoms with Gasteiger partial charge in [-0.2, -0.15) is 5.10 Å². The zero-order valence-corrected chi connectivity index (χ0v) is 10.4. The molecule has 1 aromatic rings. The van der Waals surface area contributed by atoms with Gasteiger partial charge in [0.05, 0.1) is 6.20 Å². The molecule has 0 radical (unpaired) electrons. The summed E-state index contributed by atoms with van der Waals surface area (Å²) < 4.78 is 2.02. The number of halogens is 1. The maximum atomic E-state index is 4.34. The Hall–Kier alpha value is -0.310. The third kappa shape index (κ3) is 1.74. The average Bonchev–Trinajstić information content (AvgIpc) is 2.75. The van der Waals surface area contributed by atoms with E-state index in [0.29, 0.717) is 10.7 Å². The molecule has 3 unspecified atom stereocenters. The van der Waals surface area contributed by atoms with Crippen molar-refractivity contribution in [1.29, 1.82) is 0 Å². The van der Waals surface area contributed by atoms with Gasteiger partial charge in [0.15, 0.2) is 0 Å². The van der Waals surface area contributed by atoms with Gasteiger partial charge in [-0.05, 0) is 37.2 Å². The summed E-state index contributed by atoms with van der Waals surface area (Å²) in [6.07, 6.45) is 6.83. The van der Waals surface area contributed by atoms with Crippen LogP contribution in [0.3, 0.4) is 0 Å². The largest absolute Gasteiger partial charge is 0.273 e. The van der Waals surface area contributed by atoms with Crippen molar-refractivity contribution >= 4 is 15.9 Å². The van der Waals surface area contributed by atoms with Crippen LogP contribution >= 0.6 is 15.9 Å². The normalized spacial score (nSPS) is 32.4. The van der Waals surface area contributed by atoms with Crippen LogP contribution in [0.15, 0.2) is 12.4 Å². The second-order valence-electron chi connectivity index (χ2n) is 4.19. The minimum Gasteiger partial charge on any atom is -0.273 e. The smallest absolute Gasteiger partial charge is 0.0524 e. The standard InChI is InChI=1S/C11H17BrN2/c1-3-14-7-9(6-13-14)10-4-5-11(12)8(10)2/h6-8,10-11H,3-5H2,1-2H3. The van der Waals surface area contributed by atoms with Crippen molar-refractivity contribution < 1.29 is 0 Å². The fraction of sp³-hybridized carbons (Fsp3) is 0.727. The highest BCUT2D eigenvalue weighted by molar-refractivity contribution is 9.09. The molecule has 2 nitrogen and oxygen atoms in total. The van der Waals surface area contributed by atoms with Gasteiger partial charge < -0.3 is 0 Å². The Balaban J connectivity index is 2.15. The van der Waals surface area contributed by atoms with Gasteiger partial charge in [0, 0.05) is 17.6 Å². The number of alkyl halides is 1. The first kappa shape index (κ1) is 10.2. The molecule has 0 N–H and O–H groups in total. The molecule has 2 rings (SSSR count). The van der Waals surface area contributed by atoms with Gasteiger partial charge in [0.2, 0.25) is 0 Å². The van der Waals surface area contributed by atoms with Crippen molar-refractivity contribution in [3.05, 3.63) is 18.0 Å². The first-order valence-corrected chi connectivity index (χ1v) is 6.30. The van der Waals surface area contributed by atoms with E-state index >= 15 is 0 Å². The molecule has 0 saturated heterocycles. The van der Waals surface area contributed by atoms with Crippen LogP contribution in [0.2, 0.25) is 0 Å². The Labute approximate surface area is 93.8 Å². The second-order valence-corrected chi connectivity index (χ2v) is 5.36. The molecule has 3 atom stereocenters. The molecule has 0 bridgehead atoms. The molecular weight excluding hydrogens is 240 g/mol. The van der Waals surface area contributed by atoms with Gasteiger partial charge in [0.25, 0.3) is 0 Å². The molecule has 1 fully saturated rings. The zero-order chi connectivity index (χ0) is 10.1. The molecule has 0 spiro atoms. The first-order valence-electron chi connectivity index (χ1n) is 5.38. The van der Waals surface area contributed by atoms with Gasteiger partial charge in [-0.25, -0.2) is 0 Å². The molecule has 78 valence electrons. The Bertz CT molecular complexity index is 308. The number of rotatable bonds is 2. The highest BCUT2D eigenvalue weighted by atomic mass is 79.9. The summed E-state index contributed by atoms with van der Waals surface area (Å²) in [6, 6.07) is 0. The number of hydrogen-bond acceptors (Lipinski definition) is 1. The Morgan fingerprint density at radius 2 is 2.36 bits per heavy atom. The molecule has 1 aliphatic rings. The highest BCUT2D eigenvalue weighted by Gasteiger charge is 2.32. The number of aryl methyl sites for hydroxylation is 1. The van der Waals surface area contributed by atoms with E-state index in [2.05, 4.69) is 41.1 Å². The van der Waals surface area contributed by atoms with Crippen LogP contribution in [-0.4, -0.2) is 14.6 Å². The van der Waals surface area contributed by atoms with Gasteiger partial charge in [-0.3, -0.25) is 4.68 Å². The van der Waals surface area contributed by atoms with Crippen LogP contribution in [0.25, 0.3) is 0 Å². The maximum Gasteiger partial charge on any atom is 0.0524 e. The third-order valence-corrected chi connectivity index (χ3v) is 4.66. The number of aromatic nitrogens is 2. The molecule has 1 heterocycles. The van der Waals surface area contributed by atoms with E-state index < -0.39 is 0 Å². The zero-order valence-electron chi connectivity index (χ0n) is 8.78. The summed E-state index contributed by atoms with van der Waals surface area (Å²) in [5.74, 6) is 1.45. The molecule has 1 aromatic heterocycles. The predicted octanol–water partition coefficient (Wildman–Crippen LogP) is 3.18. The molecule has 0 aliphatic heterocycles. The summed E-state index contributed by atoms with van der Waals surface area (Å²) in [7, 11) is 0. The van der Waals surface area contributed by atoms with Gasteiger partial charge in [-0.15, -0.1) is 0 Å². The highest BCUT2D eigenvalue weighted by Crippen LogP contribution is 2.42. The van der Waals surface area contributed by atoms with E-state index in [9.17, 15) is 0 Å². The first-order chi connectivity index (χ1) is 6.72. The molecule has 14 heavy (non-hydrogen) atoms. The third-order valence-electron chi connectivity index (χ3n) is 3.36. The van der Waals surface area contributed by atoms with Crippen LogP contribution in [0.1, 0.15) is 38.2 Å². The summed E-state index contributed by atoms with van der Waals surface area (Å²) in [4.78, 5) is 0.692. The van der Waals surface area contributed by atoms with Crippen LogP contribution in [0, 0.1) is 5.92 Å². The van der Waals surface area contributed by atoms with Crippen LogP contribution in [0.5, 0.6) is 0 Å².